The molecule has 0 aromatic heterocycles. The monoisotopic (exact) mass is 284 g/mol. The fourth-order valence-corrected chi connectivity index (χ4v) is 5.42. The van der Waals surface area contributed by atoms with Crippen molar-refractivity contribution < 1.29 is 0 Å². The number of hydrogen-bond acceptors (Lipinski definition) is 0. The van der Waals surface area contributed by atoms with Crippen LogP contribution in [0.4, 0.5) is 0 Å². The molecule has 3 fully saturated rings. The van der Waals surface area contributed by atoms with Gasteiger partial charge in [-0.1, -0.05) is 50.1 Å². The molecule has 0 nitrogen and oxygen atoms in total. The van der Waals surface area contributed by atoms with Crippen LogP contribution in [0, 0.1) is 17.3 Å². The van der Waals surface area contributed by atoms with Crippen molar-refractivity contribution in [3.63, 3.8) is 0 Å². The van der Waals surface area contributed by atoms with Gasteiger partial charge in [0.1, 0.15) is 0 Å². The Balaban J connectivity index is 1.80. The van der Waals surface area contributed by atoms with Gasteiger partial charge in [-0.05, 0) is 80.6 Å². The molecule has 116 valence electrons. The zero-order valence-corrected chi connectivity index (χ0v) is 14.1. The summed E-state index contributed by atoms with van der Waals surface area (Å²) in [5.74, 6) is 1.83. The smallest absolute Gasteiger partial charge is 0.0143 e. The number of allylic oxidation sites excluding steroid dienone is 5. The summed E-state index contributed by atoms with van der Waals surface area (Å²) in [4.78, 5) is 0. The van der Waals surface area contributed by atoms with E-state index < -0.39 is 0 Å². The lowest BCUT2D eigenvalue weighted by Crippen LogP contribution is -2.32. The number of fused-ring (bicyclic) bond motifs is 1. The molecule has 0 unspecified atom stereocenters. The fourth-order valence-electron chi connectivity index (χ4n) is 5.42. The molecule has 3 aliphatic rings. The molecule has 0 saturated heterocycles. The van der Waals surface area contributed by atoms with Gasteiger partial charge in [-0.25, -0.2) is 0 Å². The lowest BCUT2D eigenvalue weighted by Gasteiger charge is -2.42. The summed E-state index contributed by atoms with van der Waals surface area (Å²) >= 11 is 0. The molecule has 0 aliphatic heterocycles. The van der Waals surface area contributed by atoms with Crippen LogP contribution in [0.25, 0.3) is 0 Å². The van der Waals surface area contributed by atoms with Gasteiger partial charge < -0.3 is 0 Å². The summed E-state index contributed by atoms with van der Waals surface area (Å²) in [7, 11) is 0. The van der Waals surface area contributed by atoms with Crippen LogP contribution >= 0.6 is 0 Å². The van der Waals surface area contributed by atoms with Gasteiger partial charge in [-0.3, -0.25) is 0 Å². The Morgan fingerprint density at radius 1 is 1.10 bits per heavy atom. The summed E-state index contributed by atoms with van der Waals surface area (Å²) in [5, 5.41) is 0. The third-order valence-corrected chi connectivity index (χ3v) is 6.78. The van der Waals surface area contributed by atoms with Crippen molar-refractivity contribution in [2.45, 2.75) is 78.1 Å². The maximum atomic E-state index is 4.27. The fraction of sp³-hybridized carbons (Fsp3) is 0.714. The molecule has 0 spiro atoms. The van der Waals surface area contributed by atoms with E-state index in [9.17, 15) is 0 Å². The van der Waals surface area contributed by atoms with Crippen LogP contribution in [-0.4, -0.2) is 0 Å². The van der Waals surface area contributed by atoms with Crippen molar-refractivity contribution in [3.8, 4) is 0 Å². The van der Waals surface area contributed by atoms with Crippen LogP contribution in [0.1, 0.15) is 78.1 Å². The van der Waals surface area contributed by atoms with Crippen molar-refractivity contribution in [1.29, 1.82) is 0 Å². The maximum Gasteiger partial charge on any atom is -0.0143 e. The Morgan fingerprint density at radius 2 is 1.90 bits per heavy atom. The molecule has 3 aliphatic carbocycles. The molecule has 0 radical (unpaired) electrons. The van der Waals surface area contributed by atoms with Gasteiger partial charge in [0.2, 0.25) is 0 Å². The predicted molar refractivity (Wildman–Crippen MR) is 92.2 cm³/mol. The number of hydrogen-bond donors (Lipinski definition) is 0. The Hall–Kier alpha value is -0.780. The third kappa shape index (κ3) is 2.79. The Bertz CT molecular complexity index is 464. The molecular formula is C21H32. The van der Waals surface area contributed by atoms with E-state index in [1.807, 2.05) is 0 Å². The topological polar surface area (TPSA) is 0 Å². The second kappa shape index (κ2) is 6.15. The SMILES string of the molecule is C=C1CCCC/C1=C/C=C1\CCC[C@]2(C)[C@@H](CC)CC[C@@H]12. The van der Waals surface area contributed by atoms with E-state index in [1.165, 1.54) is 75.4 Å². The lowest BCUT2D eigenvalue weighted by molar-refractivity contribution is 0.133. The van der Waals surface area contributed by atoms with E-state index in [-0.39, 0.29) is 0 Å². The van der Waals surface area contributed by atoms with E-state index in [2.05, 4.69) is 32.6 Å². The van der Waals surface area contributed by atoms with Gasteiger partial charge >= 0.3 is 0 Å². The first-order valence-corrected chi connectivity index (χ1v) is 9.23. The quantitative estimate of drug-likeness (QED) is 0.536. The van der Waals surface area contributed by atoms with Crippen molar-refractivity contribution in [2.24, 2.45) is 17.3 Å². The minimum absolute atomic E-state index is 0.598. The Morgan fingerprint density at radius 3 is 2.67 bits per heavy atom. The van der Waals surface area contributed by atoms with Crippen LogP contribution in [0.15, 0.2) is 35.5 Å². The van der Waals surface area contributed by atoms with E-state index >= 15 is 0 Å². The standard InChI is InChI=1S/C21H32/c1-4-19-13-14-20-18(10-7-15-21(19,20)3)12-11-17-9-6-5-8-16(17)2/h11-12,19-20H,2,4-10,13-15H2,1,3H3/b17-11-,18-12+/t19-,20-,21+/m0/s1. The van der Waals surface area contributed by atoms with Crippen LogP contribution in [0.2, 0.25) is 0 Å². The molecule has 3 saturated carbocycles. The van der Waals surface area contributed by atoms with Crippen LogP contribution in [-0.2, 0) is 0 Å². The first kappa shape index (κ1) is 15.1. The van der Waals surface area contributed by atoms with Crippen molar-refractivity contribution in [2.75, 3.05) is 0 Å². The van der Waals surface area contributed by atoms with Crippen LogP contribution in [0.3, 0.4) is 0 Å². The molecule has 0 amide bonds. The van der Waals surface area contributed by atoms with E-state index in [0.717, 1.165) is 11.8 Å². The van der Waals surface area contributed by atoms with E-state index in [1.54, 1.807) is 5.57 Å². The average Bonchev–Trinajstić information content (AvgIpc) is 2.83. The highest BCUT2D eigenvalue weighted by molar-refractivity contribution is 5.35. The molecule has 3 atom stereocenters. The lowest BCUT2D eigenvalue weighted by atomic mass is 9.63. The minimum Gasteiger partial charge on any atom is -0.0956 e. The second-order valence-electron chi connectivity index (χ2n) is 7.84. The van der Waals surface area contributed by atoms with Gasteiger partial charge in [0, 0.05) is 0 Å². The van der Waals surface area contributed by atoms with Gasteiger partial charge in [-0.2, -0.15) is 0 Å². The van der Waals surface area contributed by atoms with E-state index in [0.29, 0.717) is 5.41 Å². The van der Waals surface area contributed by atoms with Crippen molar-refractivity contribution >= 4 is 0 Å². The molecule has 0 heterocycles. The maximum absolute atomic E-state index is 4.27. The zero-order chi connectivity index (χ0) is 14.9. The minimum atomic E-state index is 0.598. The van der Waals surface area contributed by atoms with Crippen LogP contribution < -0.4 is 0 Å². The highest BCUT2D eigenvalue weighted by Crippen LogP contribution is 2.58. The molecule has 0 bridgehead atoms. The molecule has 0 aromatic rings. The summed E-state index contributed by atoms with van der Waals surface area (Å²) in [6.45, 7) is 9.24. The van der Waals surface area contributed by atoms with Gasteiger partial charge in [0.05, 0.1) is 0 Å². The largest absolute Gasteiger partial charge is 0.0956 e. The Kier molecular flexibility index (Phi) is 4.43. The highest BCUT2D eigenvalue weighted by Gasteiger charge is 2.48. The normalized spacial score (nSPS) is 40.8. The molecule has 0 heteroatoms. The molecular weight excluding hydrogens is 252 g/mol. The van der Waals surface area contributed by atoms with Gasteiger partial charge in [0.15, 0.2) is 0 Å². The summed E-state index contributed by atoms with van der Waals surface area (Å²) in [6, 6.07) is 0. The number of rotatable bonds is 2. The summed E-state index contributed by atoms with van der Waals surface area (Å²) in [5.41, 5.74) is 5.28. The summed E-state index contributed by atoms with van der Waals surface area (Å²) < 4.78 is 0. The average molecular weight is 284 g/mol. The predicted octanol–water partition coefficient (Wildman–Crippen LogP) is 6.60. The third-order valence-electron chi connectivity index (χ3n) is 6.78. The van der Waals surface area contributed by atoms with Gasteiger partial charge in [0.25, 0.3) is 0 Å². The zero-order valence-electron chi connectivity index (χ0n) is 14.1. The Labute approximate surface area is 131 Å². The first-order valence-electron chi connectivity index (χ1n) is 9.23. The van der Waals surface area contributed by atoms with Crippen LogP contribution in [0.5, 0.6) is 0 Å². The van der Waals surface area contributed by atoms with Crippen molar-refractivity contribution in [3.05, 3.63) is 35.5 Å². The van der Waals surface area contributed by atoms with E-state index in [4.69, 9.17) is 0 Å². The molecule has 3 rings (SSSR count). The second-order valence-corrected chi connectivity index (χ2v) is 7.84. The molecule has 0 N–H and O–H groups in total. The first-order chi connectivity index (χ1) is 10.1. The van der Waals surface area contributed by atoms with Gasteiger partial charge in [-0.15, -0.1) is 0 Å². The summed E-state index contributed by atoms with van der Waals surface area (Å²) in [6.07, 6.45) is 18.6. The van der Waals surface area contributed by atoms with Crippen molar-refractivity contribution in [1.82, 2.24) is 0 Å². The molecule has 21 heavy (non-hydrogen) atoms. The molecule has 0 aromatic carbocycles. The highest BCUT2D eigenvalue weighted by atomic mass is 14.5.